The zero-order chi connectivity index (χ0) is 21.4. The lowest BCUT2D eigenvalue weighted by atomic mass is 10.1. The van der Waals surface area contributed by atoms with E-state index in [-0.39, 0.29) is 41.8 Å². The lowest BCUT2D eigenvalue weighted by Gasteiger charge is -2.21. The SMILES string of the molecule is CCN(CC(=O)Nc1c(Cl)cccc1Cl)C(=O)CNC(=O)Cc1cccc(F)c1. The standard InChI is InChI=1S/C20H20Cl2FN3O3/c1-2-26(12-18(28)25-20-15(21)7-4-8-16(20)22)19(29)11-24-17(27)10-13-5-3-6-14(23)9-13/h3-9H,2,10-12H2,1H3,(H,24,27)(H,25,28). The zero-order valence-corrected chi connectivity index (χ0v) is 17.2. The molecule has 0 atom stereocenters. The van der Waals surface area contributed by atoms with Gasteiger partial charge >= 0.3 is 0 Å². The van der Waals surface area contributed by atoms with Crippen LogP contribution in [0.1, 0.15) is 12.5 Å². The van der Waals surface area contributed by atoms with E-state index < -0.39 is 23.5 Å². The van der Waals surface area contributed by atoms with Crippen molar-refractivity contribution in [2.45, 2.75) is 13.3 Å². The maximum absolute atomic E-state index is 13.2. The minimum absolute atomic E-state index is 0.0529. The molecule has 0 heterocycles. The number of benzene rings is 2. The van der Waals surface area contributed by atoms with E-state index in [9.17, 15) is 18.8 Å². The van der Waals surface area contributed by atoms with Crippen LogP contribution in [0.3, 0.4) is 0 Å². The molecule has 29 heavy (non-hydrogen) atoms. The van der Waals surface area contributed by atoms with Gasteiger partial charge in [0.15, 0.2) is 0 Å². The summed E-state index contributed by atoms with van der Waals surface area (Å²) in [7, 11) is 0. The van der Waals surface area contributed by atoms with Crippen molar-refractivity contribution in [3.63, 3.8) is 0 Å². The van der Waals surface area contributed by atoms with Gasteiger partial charge in [0.1, 0.15) is 5.82 Å². The van der Waals surface area contributed by atoms with E-state index >= 15 is 0 Å². The first-order valence-corrected chi connectivity index (χ1v) is 9.58. The number of anilines is 1. The number of halogens is 3. The van der Waals surface area contributed by atoms with E-state index in [0.29, 0.717) is 5.56 Å². The topological polar surface area (TPSA) is 78.5 Å². The van der Waals surface area contributed by atoms with Gasteiger partial charge < -0.3 is 15.5 Å². The number of amides is 3. The Hall–Kier alpha value is -2.64. The fraction of sp³-hybridized carbons (Fsp3) is 0.250. The highest BCUT2D eigenvalue weighted by Crippen LogP contribution is 2.29. The Kier molecular flexibility index (Phi) is 8.42. The van der Waals surface area contributed by atoms with Crippen molar-refractivity contribution in [3.8, 4) is 0 Å². The molecule has 0 aliphatic rings. The summed E-state index contributed by atoms with van der Waals surface area (Å²) in [6, 6.07) is 10.5. The van der Waals surface area contributed by atoms with Gasteiger partial charge in [0.25, 0.3) is 0 Å². The third kappa shape index (κ3) is 7.03. The molecule has 9 heteroatoms. The zero-order valence-electron chi connectivity index (χ0n) is 15.7. The highest BCUT2D eigenvalue weighted by Gasteiger charge is 2.18. The molecule has 2 aromatic rings. The van der Waals surface area contributed by atoms with E-state index in [1.807, 2.05) is 0 Å². The van der Waals surface area contributed by atoms with Gasteiger partial charge in [-0.15, -0.1) is 0 Å². The lowest BCUT2D eigenvalue weighted by Crippen LogP contribution is -2.43. The number of hydrogen-bond acceptors (Lipinski definition) is 3. The highest BCUT2D eigenvalue weighted by molar-refractivity contribution is 6.39. The van der Waals surface area contributed by atoms with Crippen LogP contribution in [0.2, 0.25) is 10.0 Å². The predicted octanol–water partition coefficient (Wildman–Crippen LogP) is 3.28. The first-order chi connectivity index (χ1) is 13.8. The van der Waals surface area contributed by atoms with Crippen molar-refractivity contribution < 1.29 is 18.8 Å². The van der Waals surface area contributed by atoms with Crippen LogP contribution in [-0.4, -0.2) is 42.3 Å². The summed E-state index contributed by atoms with van der Waals surface area (Å²) in [6.07, 6.45) is -0.0529. The Bertz CT molecular complexity index is 888. The Morgan fingerprint density at radius 2 is 1.69 bits per heavy atom. The molecule has 0 spiro atoms. The molecular weight excluding hydrogens is 420 g/mol. The van der Waals surface area contributed by atoms with E-state index in [1.165, 1.54) is 23.1 Å². The molecule has 0 aromatic heterocycles. The van der Waals surface area contributed by atoms with Gasteiger partial charge in [0, 0.05) is 6.54 Å². The molecule has 0 fully saturated rings. The molecule has 0 bridgehead atoms. The number of carbonyl (C=O) groups is 3. The molecule has 6 nitrogen and oxygen atoms in total. The third-order valence-corrected chi connectivity index (χ3v) is 4.62. The second kappa shape index (κ2) is 10.8. The fourth-order valence-electron chi connectivity index (χ4n) is 2.53. The summed E-state index contributed by atoms with van der Waals surface area (Å²) in [6.45, 7) is 1.48. The average Bonchev–Trinajstić information content (AvgIpc) is 2.67. The minimum atomic E-state index is -0.471. The van der Waals surface area contributed by atoms with Crippen molar-refractivity contribution in [1.82, 2.24) is 10.2 Å². The summed E-state index contributed by atoms with van der Waals surface area (Å²) < 4.78 is 13.2. The normalized spacial score (nSPS) is 10.3. The molecule has 0 radical (unpaired) electrons. The van der Waals surface area contributed by atoms with Gasteiger partial charge in [-0.1, -0.05) is 41.4 Å². The van der Waals surface area contributed by atoms with E-state index in [2.05, 4.69) is 10.6 Å². The Labute approximate surface area is 178 Å². The summed E-state index contributed by atoms with van der Waals surface area (Å²) in [5.74, 6) is -1.76. The maximum atomic E-state index is 13.2. The quantitative estimate of drug-likeness (QED) is 0.662. The number of nitrogens with one attached hydrogen (secondary N) is 2. The van der Waals surface area contributed by atoms with Crippen LogP contribution in [0.15, 0.2) is 42.5 Å². The molecule has 2 rings (SSSR count). The fourth-order valence-corrected chi connectivity index (χ4v) is 3.02. The predicted molar refractivity (Wildman–Crippen MR) is 110 cm³/mol. The molecule has 2 N–H and O–H groups in total. The van der Waals surface area contributed by atoms with Crippen molar-refractivity contribution in [3.05, 3.63) is 63.9 Å². The van der Waals surface area contributed by atoms with E-state index in [1.54, 1.807) is 31.2 Å². The number of para-hydroxylation sites is 1. The smallest absolute Gasteiger partial charge is 0.244 e. The molecule has 0 saturated carbocycles. The van der Waals surface area contributed by atoms with Gasteiger partial charge in [-0.05, 0) is 36.8 Å². The van der Waals surface area contributed by atoms with Crippen molar-refractivity contribution >= 4 is 46.6 Å². The maximum Gasteiger partial charge on any atom is 0.244 e. The van der Waals surface area contributed by atoms with E-state index in [4.69, 9.17) is 23.2 Å². The van der Waals surface area contributed by atoms with Crippen LogP contribution in [0.5, 0.6) is 0 Å². The summed E-state index contributed by atoms with van der Waals surface area (Å²) in [5.41, 5.74) is 0.769. The van der Waals surface area contributed by atoms with Gasteiger partial charge in [-0.25, -0.2) is 4.39 Å². The van der Waals surface area contributed by atoms with Crippen molar-refractivity contribution in [2.75, 3.05) is 25.0 Å². The molecule has 2 aromatic carbocycles. The van der Waals surface area contributed by atoms with Crippen LogP contribution in [0.4, 0.5) is 10.1 Å². The lowest BCUT2D eigenvalue weighted by molar-refractivity contribution is -0.135. The van der Waals surface area contributed by atoms with Crippen LogP contribution in [0, 0.1) is 5.82 Å². The van der Waals surface area contributed by atoms with Crippen LogP contribution in [0.25, 0.3) is 0 Å². The number of nitrogens with zero attached hydrogens (tertiary/aromatic N) is 1. The summed E-state index contributed by atoms with van der Waals surface area (Å²) >= 11 is 12.0. The van der Waals surface area contributed by atoms with Crippen LogP contribution in [-0.2, 0) is 20.8 Å². The number of likely N-dealkylation sites (N-methyl/N-ethyl adjacent to an activating group) is 1. The van der Waals surface area contributed by atoms with Gasteiger partial charge in [-0.3, -0.25) is 14.4 Å². The molecule has 3 amide bonds. The monoisotopic (exact) mass is 439 g/mol. The molecule has 0 unspecified atom stereocenters. The van der Waals surface area contributed by atoms with Gasteiger partial charge in [0.2, 0.25) is 17.7 Å². The molecule has 0 aliphatic heterocycles. The van der Waals surface area contributed by atoms with Crippen molar-refractivity contribution in [1.29, 1.82) is 0 Å². The third-order valence-electron chi connectivity index (χ3n) is 3.99. The number of rotatable bonds is 8. The molecule has 0 saturated heterocycles. The summed E-state index contributed by atoms with van der Waals surface area (Å²) in [4.78, 5) is 37.8. The first kappa shape index (κ1) is 22.6. The van der Waals surface area contributed by atoms with Crippen molar-refractivity contribution in [2.24, 2.45) is 0 Å². The first-order valence-electron chi connectivity index (χ1n) is 8.83. The van der Waals surface area contributed by atoms with E-state index in [0.717, 1.165) is 0 Å². The molecule has 154 valence electrons. The Morgan fingerprint density at radius 3 is 2.31 bits per heavy atom. The highest BCUT2D eigenvalue weighted by atomic mass is 35.5. The van der Waals surface area contributed by atoms with Crippen LogP contribution < -0.4 is 10.6 Å². The number of carbonyl (C=O) groups excluding carboxylic acids is 3. The number of hydrogen-bond donors (Lipinski definition) is 2. The molecule has 0 aliphatic carbocycles. The molecular formula is C20H20Cl2FN3O3. The summed E-state index contributed by atoms with van der Waals surface area (Å²) in [5, 5.41) is 5.63. The second-order valence-electron chi connectivity index (χ2n) is 6.14. The van der Waals surface area contributed by atoms with Gasteiger partial charge in [0.05, 0.1) is 35.2 Å². The minimum Gasteiger partial charge on any atom is -0.347 e. The van der Waals surface area contributed by atoms with Crippen LogP contribution >= 0.6 is 23.2 Å². The van der Waals surface area contributed by atoms with Gasteiger partial charge in [-0.2, -0.15) is 0 Å². The Morgan fingerprint density at radius 1 is 1.03 bits per heavy atom. The largest absolute Gasteiger partial charge is 0.347 e. The Balaban J connectivity index is 1.86. The second-order valence-corrected chi connectivity index (χ2v) is 6.95. The average molecular weight is 440 g/mol.